The van der Waals surface area contributed by atoms with Gasteiger partial charge in [-0.25, -0.2) is 10.4 Å². The highest BCUT2D eigenvalue weighted by Crippen LogP contribution is 2.22. The third-order valence-electron chi connectivity index (χ3n) is 4.77. The van der Waals surface area contributed by atoms with Crippen molar-refractivity contribution in [3.8, 4) is 5.69 Å². The van der Waals surface area contributed by atoms with Crippen LogP contribution in [0, 0.1) is 0 Å². The van der Waals surface area contributed by atoms with Gasteiger partial charge in [0, 0.05) is 15.1 Å². The van der Waals surface area contributed by atoms with E-state index in [2.05, 4.69) is 31.4 Å². The number of hydrazone groups is 1. The highest BCUT2D eigenvalue weighted by atomic mass is 79.9. The first kappa shape index (κ1) is 23.2. The molecule has 33 heavy (non-hydrogen) atoms. The van der Waals surface area contributed by atoms with Crippen molar-refractivity contribution in [1.82, 2.24) is 15.0 Å². The standard InChI is InChI=1S/C24H18BrClN4O2S/c1-15(18-6-2-4-8-20(18)26)28-29-22(31)14-33-24-27-21-9-5-3-7-19(21)23(32)30(24)17-12-10-16(25)11-13-17/h2-13H,14H2,1H3,(H,29,31)/b28-15+. The van der Waals surface area contributed by atoms with Crippen molar-refractivity contribution >= 4 is 61.8 Å². The van der Waals surface area contributed by atoms with Gasteiger partial charge in [0.1, 0.15) is 0 Å². The smallest absolute Gasteiger partial charge is 0.266 e. The summed E-state index contributed by atoms with van der Waals surface area (Å²) in [6, 6.07) is 21.8. The molecule has 1 aromatic heterocycles. The minimum absolute atomic E-state index is 0.0284. The molecule has 0 bridgehead atoms. The van der Waals surface area contributed by atoms with Crippen molar-refractivity contribution in [1.29, 1.82) is 0 Å². The number of hydrogen-bond acceptors (Lipinski definition) is 5. The van der Waals surface area contributed by atoms with Gasteiger partial charge in [-0.3, -0.25) is 14.2 Å². The lowest BCUT2D eigenvalue weighted by Crippen LogP contribution is -2.24. The van der Waals surface area contributed by atoms with E-state index in [-0.39, 0.29) is 17.2 Å². The molecule has 3 aromatic carbocycles. The first-order valence-electron chi connectivity index (χ1n) is 9.92. The van der Waals surface area contributed by atoms with Gasteiger partial charge in [0.2, 0.25) is 0 Å². The van der Waals surface area contributed by atoms with E-state index in [0.717, 1.165) is 10.0 Å². The highest BCUT2D eigenvalue weighted by molar-refractivity contribution is 9.10. The fraction of sp³-hybridized carbons (Fsp3) is 0.0833. The van der Waals surface area contributed by atoms with Gasteiger partial charge in [-0.05, 0) is 49.4 Å². The molecule has 0 aliphatic rings. The first-order valence-corrected chi connectivity index (χ1v) is 12.1. The number of halogens is 2. The molecule has 9 heteroatoms. The Bertz CT molecular complexity index is 1420. The summed E-state index contributed by atoms with van der Waals surface area (Å²) in [6.45, 7) is 1.77. The largest absolute Gasteiger partial charge is 0.272 e. The number of carbonyl (C=O) groups excluding carboxylic acids is 1. The van der Waals surface area contributed by atoms with E-state index in [1.54, 1.807) is 31.2 Å². The number of carbonyl (C=O) groups is 1. The van der Waals surface area contributed by atoms with Gasteiger partial charge >= 0.3 is 0 Å². The van der Waals surface area contributed by atoms with E-state index in [9.17, 15) is 9.59 Å². The second kappa shape index (κ2) is 10.3. The maximum atomic E-state index is 13.2. The third-order valence-corrected chi connectivity index (χ3v) is 6.57. The molecule has 0 radical (unpaired) electrons. The molecule has 0 atom stereocenters. The van der Waals surface area contributed by atoms with Crippen LogP contribution >= 0.6 is 39.3 Å². The van der Waals surface area contributed by atoms with E-state index >= 15 is 0 Å². The molecular weight excluding hydrogens is 524 g/mol. The predicted molar refractivity (Wildman–Crippen MR) is 138 cm³/mol. The zero-order chi connectivity index (χ0) is 23.4. The highest BCUT2D eigenvalue weighted by Gasteiger charge is 2.15. The lowest BCUT2D eigenvalue weighted by Gasteiger charge is -2.13. The van der Waals surface area contributed by atoms with Gasteiger partial charge in [0.05, 0.1) is 28.1 Å². The molecule has 1 N–H and O–H groups in total. The van der Waals surface area contributed by atoms with E-state index in [0.29, 0.717) is 32.5 Å². The van der Waals surface area contributed by atoms with Crippen molar-refractivity contribution in [3.05, 3.63) is 98.2 Å². The monoisotopic (exact) mass is 540 g/mol. The fourth-order valence-corrected chi connectivity index (χ4v) is 4.49. The SMILES string of the molecule is C/C(=N\NC(=O)CSc1nc2ccccc2c(=O)n1-c1ccc(Br)cc1)c1ccccc1Cl. The summed E-state index contributed by atoms with van der Waals surface area (Å²) in [5.41, 5.74) is 4.92. The first-order chi connectivity index (χ1) is 15.9. The van der Waals surface area contributed by atoms with Gasteiger partial charge < -0.3 is 0 Å². The van der Waals surface area contributed by atoms with Crippen molar-refractivity contribution < 1.29 is 4.79 Å². The van der Waals surface area contributed by atoms with Crippen molar-refractivity contribution in [3.63, 3.8) is 0 Å². The average Bonchev–Trinajstić information content (AvgIpc) is 2.82. The molecule has 4 aromatic rings. The topological polar surface area (TPSA) is 76.3 Å². The second-order valence-corrected chi connectivity index (χ2v) is 9.29. The lowest BCUT2D eigenvalue weighted by molar-refractivity contribution is -0.118. The number of nitrogens with one attached hydrogen (secondary N) is 1. The van der Waals surface area contributed by atoms with Crippen LogP contribution in [-0.4, -0.2) is 26.9 Å². The van der Waals surface area contributed by atoms with Crippen molar-refractivity contribution in [2.75, 3.05) is 5.75 Å². The summed E-state index contributed by atoms with van der Waals surface area (Å²) >= 11 is 10.8. The van der Waals surface area contributed by atoms with Crippen LogP contribution in [0.5, 0.6) is 0 Å². The number of hydrogen-bond donors (Lipinski definition) is 1. The number of benzene rings is 3. The summed E-state index contributed by atoms with van der Waals surface area (Å²) in [4.78, 5) is 30.4. The van der Waals surface area contributed by atoms with Crippen molar-refractivity contribution in [2.24, 2.45) is 5.10 Å². The van der Waals surface area contributed by atoms with E-state index < -0.39 is 0 Å². The third kappa shape index (κ3) is 5.35. The summed E-state index contributed by atoms with van der Waals surface area (Å²) < 4.78 is 2.42. The maximum Gasteiger partial charge on any atom is 0.266 e. The van der Waals surface area contributed by atoms with Gasteiger partial charge in [0.15, 0.2) is 5.16 Å². The van der Waals surface area contributed by atoms with Crippen LogP contribution in [0.2, 0.25) is 5.02 Å². The van der Waals surface area contributed by atoms with Crippen LogP contribution in [0.1, 0.15) is 12.5 Å². The fourth-order valence-electron chi connectivity index (χ4n) is 3.15. The Balaban J connectivity index is 1.59. The number of fused-ring (bicyclic) bond motifs is 1. The lowest BCUT2D eigenvalue weighted by atomic mass is 10.1. The molecule has 0 aliphatic carbocycles. The summed E-state index contributed by atoms with van der Waals surface area (Å²) in [7, 11) is 0. The average molecular weight is 542 g/mol. The number of amides is 1. The van der Waals surface area contributed by atoms with Gasteiger partial charge in [-0.1, -0.05) is 69.6 Å². The Morgan fingerprint density at radius 2 is 1.79 bits per heavy atom. The summed E-state index contributed by atoms with van der Waals surface area (Å²) in [6.07, 6.45) is 0. The molecule has 0 fully saturated rings. The van der Waals surface area contributed by atoms with Crippen LogP contribution in [0.25, 0.3) is 16.6 Å². The Hall–Kier alpha value is -2.94. The number of thioether (sulfide) groups is 1. The van der Waals surface area contributed by atoms with Crippen LogP contribution in [0.15, 0.2) is 92.3 Å². The molecule has 166 valence electrons. The van der Waals surface area contributed by atoms with E-state index in [4.69, 9.17) is 11.6 Å². The van der Waals surface area contributed by atoms with Gasteiger partial charge in [0.25, 0.3) is 11.5 Å². The normalized spacial score (nSPS) is 11.5. The minimum atomic E-state index is -0.323. The number of aromatic nitrogens is 2. The summed E-state index contributed by atoms with van der Waals surface area (Å²) in [5, 5.41) is 5.64. The zero-order valence-electron chi connectivity index (χ0n) is 17.5. The molecule has 4 rings (SSSR count). The molecule has 6 nitrogen and oxygen atoms in total. The van der Waals surface area contributed by atoms with Gasteiger partial charge in [-0.15, -0.1) is 0 Å². The number of rotatable bonds is 6. The molecule has 0 saturated carbocycles. The molecule has 0 saturated heterocycles. The Morgan fingerprint density at radius 1 is 1.09 bits per heavy atom. The Kier molecular flexibility index (Phi) is 7.27. The molecule has 0 spiro atoms. The molecule has 0 aliphatic heterocycles. The van der Waals surface area contributed by atoms with Crippen LogP contribution in [0.3, 0.4) is 0 Å². The van der Waals surface area contributed by atoms with Gasteiger partial charge in [-0.2, -0.15) is 5.10 Å². The minimum Gasteiger partial charge on any atom is -0.272 e. The number of para-hydroxylation sites is 1. The van der Waals surface area contributed by atoms with Crippen molar-refractivity contribution in [2.45, 2.75) is 12.1 Å². The maximum absolute atomic E-state index is 13.2. The second-order valence-electron chi connectivity index (χ2n) is 7.03. The van der Waals surface area contributed by atoms with Crippen LogP contribution < -0.4 is 11.0 Å². The zero-order valence-corrected chi connectivity index (χ0v) is 20.6. The predicted octanol–water partition coefficient (Wildman–Crippen LogP) is 5.43. The van der Waals surface area contributed by atoms with Crippen LogP contribution in [-0.2, 0) is 4.79 Å². The quantitative estimate of drug-likeness (QED) is 0.153. The molecular formula is C24H18BrClN4O2S. The molecule has 0 unspecified atom stereocenters. The molecule has 1 amide bonds. The Morgan fingerprint density at radius 3 is 2.55 bits per heavy atom. The van der Waals surface area contributed by atoms with E-state index in [1.807, 2.05) is 48.5 Å². The molecule has 1 heterocycles. The summed E-state index contributed by atoms with van der Waals surface area (Å²) in [5.74, 6) is -0.295. The Labute approximate surface area is 207 Å². The van der Waals surface area contributed by atoms with E-state index in [1.165, 1.54) is 16.3 Å². The van der Waals surface area contributed by atoms with Crippen LogP contribution in [0.4, 0.5) is 0 Å². The number of nitrogens with zero attached hydrogens (tertiary/aromatic N) is 3.